The zero-order valence-electron chi connectivity index (χ0n) is 7.21. The first-order valence-electron chi connectivity index (χ1n) is 3.83. The molecule has 72 valence electrons. The van der Waals surface area contributed by atoms with Gasteiger partial charge >= 0.3 is 5.97 Å². The number of fused-ring (bicyclic) bond motifs is 1. The number of aromatic amines is 1. The summed E-state index contributed by atoms with van der Waals surface area (Å²) in [5.74, 6) is -1.06. The Labute approximate surface area is 83.7 Å². The van der Waals surface area contributed by atoms with Crippen LogP contribution in [0.4, 0.5) is 0 Å². The van der Waals surface area contributed by atoms with E-state index in [-0.39, 0.29) is 10.7 Å². The van der Waals surface area contributed by atoms with Crippen LogP contribution >= 0.6 is 11.6 Å². The molecule has 0 spiro atoms. The highest BCUT2D eigenvalue weighted by Gasteiger charge is 2.15. The molecule has 0 bridgehead atoms. The number of pyridine rings is 1. The van der Waals surface area contributed by atoms with E-state index in [2.05, 4.69) is 15.2 Å². The van der Waals surface area contributed by atoms with Gasteiger partial charge in [-0.05, 0) is 6.92 Å². The van der Waals surface area contributed by atoms with Gasteiger partial charge in [-0.2, -0.15) is 5.10 Å². The Bertz CT molecular complexity index is 521. The number of hydrogen-bond acceptors (Lipinski definition) is 3. The summed E-state index contributed by atoms with van der Waals surface area (Å²) in [6.07, 6.45) is 1.20. The Morgan fingerprint density at radius 3 is 3.00 bits per heavy atom. The highest BCUT2D eigenvalue weighted by molar-refractivity contribution is 6.34. The van der Waals surface area contributed by atoms with Gasteiger partial charge < -0.3 is 5.11 Å². The van der Waals surface area contributed by atoms with E-state index < -0.39 is 5.97 Å². The summed E-state index contributed by atoms with van der Waals surface area (Å²) < 4.78 is 0. The first-order chi connectivity index (χ1) is 6.61. The maximum atomic E-state index is 10.8. The normalized spacial score (nSPS) is 10.7. The van der Waals surface area contributed by atoms with E-state index in [9.17, 15) is 4.79 Å². The molecule has 6 heteroatoms. The van der Waals surface area contributed by atoms with Gasteiger partial charge in [-0.15, -0.1) is 0 Å². The van der Waals surface area contributed by atoms with Crippen molar-refractivity contribution < 1.29 is 9.90 Å². The molecule has 0 saturated carbocycles. The van der Waals surface area contributed by atoms with Crippen molar-refractivity contribution in [1.29, 1.82) is 0 Å². The number of nitrogens with one attached hydrogen (secondary N) is 1. The van der Waals surface area contributed by atoms with Crippen LogP contribution < -0.4 is 0 Å². The first kappa shape index (κ1) is 8.96. The number of aromatic carboxylic acids is 1. The van der Waals surface area contributed by atoms with Gasteiger partial charge in [-0.3, -0.25) is 5.10 Å². The van der Waals surface area contributed by atoms with Crippen molar-refractivity contribution in [3.8, 4) is 0 Å². The van der Waals surface area contributed by atoms with Crippen LogP contribution in [0.15, 0.2) is 6.20 Å². The number of carboxylic acid groups (broad SMARTS) is 1. The summed E-state index contributed by atoms with van der Waals surface area (Å²) in [5.41, 5.74) is 1.10. The predicted molar refractivity (Wildman–Crippen MR) is 50.6 cm³/mol. The fourth-order valence-corrected chi connectivity index (χ4v) is 1.56. The summed E-state index contributed by atoms with van der Waals surface area (Å²) in [7, 11) is 0. The molecule has 0 fully saturated rings. The van der Waals surface area contributed by atoms with Gasteiger partial charge in [0.25, 0.3) is 0 Å². The lowest BCUT2D eigenvalue weighted by Gasteiger charge is -1.97. The number of H-pyrrole nitrogens is 1. The lowest BCUT2D eigenvalue weighted by molar-refractivity contribution is 0.0698. The summed E-state index contributed by atoms with van der Waals surface area (Å²) in [5, 5.41) is 16.2. The molecule has 0 aliphatic carbocycles. The van der Waals surface area contributed by atoms with Crippen molar-refractivity contribution in [2.75, 3.05) is 0 Å². The van der Waals surface area contributed by atoms with Crippen molar-refractivity contribution in [3.63, 3.8) is 0 Å². The van der Waals surface area contributed by atoms with Crippen LogP contribution in [-0.2, 0) is 0 Å². The number of carbonyl (C=O) groups is 1. The molecule has 2 aromatic heterocycles. The molecule has 2 rings (SSSR count). The largest absolute Gasteiger partial charge is 0.478 e. The minimum Gasteiger partial charge on any atom is -0.478 e. The van der Waals surface area contributed by atoms with Crippen molar-refractivity contribution in [3.05, 3.63) is 22.6 Å². The van der Waals surface area contributed by atoms with E-state index in [1.165, 1.54) is 6.20 Å². The van der Waals surface area contributed by atoms with Crippen LogP contribution in [0, 0.1) is 6.92 Å². The molecular weight excluding hydrogens is 206 g/mol. The van der Waals surface area contributed by atoms with Gasteiger partial charge in [0.1, 0.15) is 16.2 Å². The number of nitrogens with zero attached hydrogens (tertiary/aromatic N) is 2. The Morgan fingerprint density at radius 2 is 2.36 bits per heavy atom. The lowest BCUT2D eigenvalue weighted by atomic mass is 10.2. The average Bonchev–Trinajstić information content (AvgIpc) is 2.49. The Hall–Kier alpha value is -1.62. The van der Waals surface area contributed by atoms with Gasteiger partial charge in [0.05, 0.1) is 5.39 Å². The van der Waals surface area contributed by atoms with Crippen LogP contribution in [0.5, 0.6) is 0 Å². The smallest absolute Gasteiger partial charge is 0.339 e. The third-order valence-corrected chi connectivity index (χ3v) is 2.23. The summed E-state index contributed by atoms with van der Waals surface area (Å²) >= 11 is 5.82. The quantitative estimate of drug-likeness (QED) is 0.703. The third-order valence-electron chi connectivity index (χ3n) is 1.95. The number of halogens is 1. The van der Waals surface area contributed by atoms with Gasteiger partial charge in [0.15, 0.2) is 0 Å². The second kappa shape index (κ2) is 2.95. The SMILES string of the molecule is Cc1[nH]nc2c(C(=O)O)cnc(Cl)c12. The zero-order chi connectivity index (χ0) is 10.3. The van der Waals surface area contributed by atoms with E-state index in [4.69, 9.17) is 16.7 Å². The summed E-state index contributed by atoms with van der Waals surface area (Å²) in [4.78, 5) is 14.6. The molecule has 2 aromatic rings. The number of aromatic nitrogens is 3. The van der Waals surface area contributed by atoms with Crippen molar-refractivity contribution in [2.24, 2.45) is 0 Å². The minimum atomic E-state index is -1.06. The van der Waals surface area contributed by atoms with E-state index in [0.29, 0.717) is 16.6 Å². The number of rotatable bonds is 1. The summed E-state index contributed by atoms with van der Waals surface area (Å²) in [6.45, 7) is 1.76. The molecule has 2 N–H and O–H groups in total. The Kier molecular flexibility index (Phi) is 1.89. The first-order valence-corrected chi connectivity index (χ1v) is 4.21. The molecule has 0 radical (unpaired) electrons. The highest BCUT2D eigenvalue weighted by atomic mass is 35.5. The minimum absolute atomic E-state index is 0.0498. The predicted octanol–water partition coefficient (Wildman–Crippen LogP) is 1.62. The molecule has 0 saturated heterocycles. The fourth-order valence-electron chi connectivity index (χ4n) is 1.28. The molecule has 0 aliphatic rings. The molecule has 0 aliphatic heterocycles. The van der Waals surface area contributed by atoms with E-state index >= 15 is 0 Å². The lowest BCUT2D eigenvalue weighted by Crippen LogP contribution is -1.98. The number of carboxylic acids is 1. The molecule has 14 heavy (non-hydrogen) atoms. The van der Waals surface area contributed by atoms with Crippen molar-refractivity contribution >= 4 is 28.5 Å². The molecule has 5 nitrogen and oxygen atoms in total. The topological polar surface area (TPSA) is 78.9 Å². The van der Waals surface area contributed by atoms with E-state index in [1.54, 1.807) is 6.92 Å². The zero-order valence-corrected chi connectivity index (χ0v) is 7.96. The fraction of sp³-hybridized carbons (Fsp3) is 0.125. The van der Waals surface area contributed by atoms with E-state index in [1.807, 2.05) is 0 Å². The molecular formula is C8H6ClN3O2. The Morgan fingerprint density at radius 1 is 1.64 bits per heavy atom. The van der Waals surface area contributed by atoms with Crippen molar-refractivity contribution in [1.82, 2.24) is 15.2 Å². The third kappa shape index (κ3) is 1.13. The van der Waals surface area contributed by atoms with E-state index in [0.717, 1.165) is 0 Å². The average molecular weight is 212 g/mol. The van der Waals surface area contributed by atoms with Gasteiger partial charge in [0.2, 0.25) is 0 Å². The monoisotopic (exact) mass is 211 g/mol. The second-order valence-corrected chi connectivity index (χ2v) is 3.20. The standard InChI is InChI=1S/C8H6ClN3O2/c1-3-5-6(12-11-3)4(8(13)14)2-10-7(5)9/h2H,1H3,(H,11,12)(H,13,14). The molecule has 0 atom stereocenters. The molecule has 0 unspecified atom stereocenters. The van der Waals surface area contributed by atoms with Crippen LogP contribution in [-0.4, -0.2) is 26.3 Å². The van der Waals surface area contributed by atoms with Gasteiger partial charge in [-0.25, -0.2) is 9.78 Å². The number of aryl methyl sites for hydroxylation is 1. The summed E-state index contributed by atoms with van der Waals surface area (Å²) in [6, 6.07) is 0. The van der Waals surface area contributed by atoms with Gasteiger partial charge in [0, 0.05) is 11.9 Å². The highest BCUT2D eigenvalue weighted by Crippen LogP contribution is 2.25. The Balaban J connectivity index is 2.90. The van der Waals surface area contributed by atoms with Crippen LogP contribution in [0.1, 0.15) is 16.1 Å². The molecule has 0 amide bonds. The molecule has 0 aromatic carbocycles. The molecule has 2 heterocycles. The van der Waals surface area contributed by atoms with Crippen LogP contribution in [0.3, 0.4) is 0 Å². The second-order valence-electron chi connectivity index (χ2n) is 2.84. The van der Waals surface area contributed by atoms with Crippen LogP contribution in [0.2, 0.25) is 5.15 Å². The number of hydrogen-bond donors (Lipinski definition) is 2. The van der Waals surface area contributed by atoms with Gasteiger partial charge in [-0.1, -0.05) is 11.6 Å². The maximum Gasteiger partial charge on any atom is 0.339 e. The van der Waals surface area contributed by atoms with Crippen molar-refractivity contribution in [2.45, 2.75) is 6.92 Å². The maximum absolute atomic E-state index is 10.8. The van der Waals surface area contributed by atoms with Crippen LogP contribution in [0.25, 0.3) is 10.9 Å².